The Morgan fingerprint density at radius 1 is 1.21 bits per heavy atom. The van der Waals surface area contributed by atoms with Crippen molar-refractivity contribution in [2.75, 3.05) is 19.0 Å². The molecule has 0 spiro atoms. The fraction of sp³-hybridized carbons (Fsp3) is 0.118. The first kappa shape index (κ1) is 20.1. The second kappa shape index (κ2) is 8.14. The first-order valence-corrected chi connectivity index (χ1v) is 8.78. The zero-order valence-electron chi connectivity index (χ0n) is 14.8. The molecule has 3 aromatic rings. The zero-order valence-corrected chi connectivity index (χ0v) is 16.4. The number of nitrogens with zero attached hydrogens (tertiary/aromatic N) is 1. The minimum atomic E-state index is -0.907. The number of anilines is 1. The van der Waals surface area contributed by atoms with Gasteiger partial charge in [-0.2, -0.15) is 0 Å². The number of esters is 1. The van der Waals surface area contributed by atoms with E-state index in [0.29, 0.717) is 21.2 Å². The van der Waals surface area contributed by atoms with Crippen LogP contribution in [0.25, 0.3) is 11.0 Å². The molecule has 0 bridgehead atoms. The number of hydrogen-bond acceptors (Lipinski definition) is 7. The third-order valence-corrected chi connectivity index (χ3v) is 4.48. The number of nitrogens with one attached hydrogen (secondary N) is 3. The molecule has 3 N–H and O–H groups in total. The molecule has 1 heterocycles. The third kappa shape index (κ3) is 4.43. The maximum atomic E-state index is 12.1. The van der Waals surface area contributed by atoms with Gasteiger partial charge in [0.05, 0.1) is 34.3 Å². The standard InChI is InChI=1S/C17H13BrN4O7/c1-28-14-3-2-8(4-13(14)22(26)27)16(24)29-7-15(23)19-10-6-12-11(5-9(10)18)20-17(25)21-12/h2-6H,7H2,1H3,(H,19,23)(H2,20,21,25). The molecule has 0 unspecified atom stereocenters. The molecule has 0 aliphatic heterocycles. The summed E-state index contributed by atoms with van der Waals surface area (Å²) in [7, 11) is 1.27. The molecule has 1 aromatic heterocycles. The summed E-state index contributed by atoms with van der Waals surface area (Å²) in [6.45, 7) is -0.618. The van der Waals surface area contributed by atoms with Crippen LogP contribution in [-0.4, -0.2) is 40.5 Å². The van der Waals surface area contributed by atoms with Gasteiger partial charge in [-0.05, 0) is 40.2 Å². The van der Waals surface area contributed by atoms with Crippen LogP contribution in [0, 0.1) is 10.1 Å². The van der Waals surface area contributed by atoms with Crippen molar-refractivity contribution in [3.8, 4) is 5.75 Å². The number of H-pyrrole nitrogens is 2. The normalized spacial score (nSPS) is 10.6. The number of nitro groups is 1. The molecular weight excluding hydrogens is 452 g/mol. The highest BCUT2D eigenvalue weighted by Crippen LogP contribution is 2.28. The molecule has 150 valence electrons. The van der Waals surface area contributed by atoms with Crippen LogP contribution in [0.2, 0.25) is 0 Å². The van der Waals surface area contributed by atoms with Crippen LogP contribution in [0.5, 0.6) is 5.75 Å². The summed E-state index contributed by atoms with van der Waals surface area (Å²) in [5, 5.41) is 13.6. The van der Waals surface area contributed by atoms with Crippen molar-refractivity contribution in [3.05, 3.63) is 61.0 Å². The second-order valence-electron chi connectivity index (χ2n) is 5.72. The van der Waals surface area contributed by atoms with Gasteiger partial charge in [0.2, 0.25) is 0 Å². The number of carbonyl (C=O) groups excluding carboxylic acids is 2. The molecule has 2 aromatic carbocycles. The number of rotatable bonds is 6. The maximum absolute atomic E-state index is 12.1. The minimum absolute atomic E-state index is 0.00710. The van der Waals surface area contributed by atoms with Crippen LogP contribution in [-0.2, 0) is 9.53 Å². The molecule has 3 rings (SSSR count). The zero-order chi connectivity index (χ0) is 21.1. The van der Waals surface area contributed by atoms with Crippen LogP contribution >= 0.6 is 15.9 Å². The summed E-state index contributed by atoms with van der Waals surface area (Å²) < 4.78 is 10.3. The predicted octanol–water partition coefficient (Wildman–Crippen LogP) is 2.33. The lowest BCUT2D eigenvalue weighted by molar-refractivity contribution is -0.385. The summed E-state index contributed by atoms with van der Waals surface area (Å²) >= 11 is 3.27. The second-order valence-corrected chi connectivity index (χ2v) is 6.58. The summed E-state index contributed by atoms with van der Waals surface area (Å²) in [4.78, 5) is 51.0. The molecule has 12 heteroatoms. The van der Waals surface area contributed by atoms with E-state index >= 15 is 0 Å². The number of fused-ring (bicyclic) bond motifs is 1. The van der Waals surface area contributed by atoms with Crippen molar-refractivity contribution in [2.24, 2.45) is 0 Å². The number of hydrogen-bond donors (Lipinski definition) is 3. The van der Waals surface area contributed by atoms with E-state index in [0.717, 1.165) is 6.07 Å². The van der Waals surface area contributed by atoms with Gasteiger partial charge in [0.1, 0.15) is 0 Å². The van der Waals surface area contributed by atoms with Crippen molar-refractivity contribution in [1.82, 2.24) is 9.97 Å². The van der Waals surface area contributed by atoms with E-state index in [1.165, 1.54) is 25.3 Å². The van der Waals surface area contributed by atoms with Crippen molar-refractivity contribution >= 4 is 50.2 Å². The highest BCUT2D eigenvalue weighted by molar-refractivity contribution is 9.10. The van der Waals surface area contributed by atoms with Crippen LogP contribution in [0.3, 0.4) is 0 Å². The van der Waals surface area contributed by atoms with Crippen molar-refractivity contribution < 1.29 is 24.0 Å². The fourth-order valence-corrected chi connectivity index (χ4v) is 2.95. The number of aromatic amines is 2. The van der Waals surface area contributed by atoms with Gasteiger partial charge < -0.3 is 24.8 Å². The summed E-state index contributed by atoms with van der Waals surface area (Å²) in [6, 6.07) is 6.69. The Hall–Kier alpha value is -3.67. The number of benzene rings is 2. The number of nitro benzene ring substituents is 1. The number of aromatic nitrogens is 2. The monoisotopic (exact) mass is 464 g/mol. The molecule has 0 atom stereocenters. The lowest BCUT2D eigenvalue weighted by Gasteiger charge is -2.09. The fourth-order valence-electron chi connectivity index (χ4n) is 2.51. The van der Waals surface area contributed by atoms with Gasteiger partial charge in [-0.15, -0.1) is 0 Å². The Morgan fingerprint density at radius 3 is 2.55 bits per heavy atom. The average Bonchev–Trinajstić information content (AvgIpc) is 3.04. The van der Waals surface area contributed by atoms with Crippen LogP contribution < -0.4 is 15.7 Å². The van der Waals surface area contributed by atoms with Crippen LogP contribution in [0.15, 0.2) is 39.6 Å². The topological polar surface area (TPSA) is 156 Å². The van der Waals surface area contributed by atoms with Gasteiger partial charge in [0, 0.05) is 10.5 Å². The Morgan fingerprint density at radius 2 is 1.90 bits per heavy atom. The highest BCUT2D eigenvalue weighted by atomic mass is 79.9. The third-order valence-electron chi connectivity index (χ3n) is 3.82. The van der Waals surface area contributed by atoms with Crippen molar-refractivity contribution in [3.63, 3.8) is 0 Å². The van der Waals surface area contributed by atoms with Gasteiger partial charge in [0.25, 0.3) is 5.91 Å². The number of amides is 1. The highest BCUT2D eigenvalue weighted by Gasteiger charge is 2.19. The number of methoxy groups -OCH3 is 1. The predicted molar refractivity (Wildman–Crippen MR) is 105 cm³/mol. The molecule has 0 fully saturated rings. The molecular formula is C17H13BrN4O7. The van der Waals surface area contributed by atoms with Crippen molar-refractivity contribution in [1.29, 1.82) is 0 Å². The molecule has 11 nitrogen and oxygen atoms in total. The van der Waals surface area contributed by atoms with E-state index in [9.17, 15) is 24.5 Å². The lowest BCUT2D eigenvalue weighted by Crippen LogP contribution is -2.21. The van der Waals surface area contributed by atoms with E-state index in [-0.39, 0.29) is 11.3 Å². The minimum Gasteiger partial charge on any atom is -0.490 e. The number of imidazole rings is 1. The summed E-state index contributed by atoms with van der Waals surface area (Å²) in [6.07, 6.45) is 0. The summed E-state index contributed by atoms with van der Waals surface area (Å²) in [5.74, 6) is -1.55. The van der Waals surface area contributed by atoms with E-state index < -0.39 is 34.8 Å². The van der Waals surface area contributed by atoms with E-state index in [2.05, 4.69) is 31.2 Å². The smallest absolute Gasteiger partial charge is 0.338 e. The van der Waals surface area contributed by atoms with Crippen LogP contribution in [0.1, 0.15) is 10.4 Å². The average molecular weight is 465 g/mol. The Balaban J connectivity index is 1.67. The number of halogens is 1. The summed E-state index contributed by atoms with van der Waals surface area (Å²) in [5.41, 5.74) is 0.497. The van der Waals surface area contributed by atoms with Gasteiger partial charge >= 0.3 is 17.3 Å². The van der Waals surface area contributed by atoms with Crippen molar-refractivity contribution in [2.45, 2.75) is 0 Å². The molecule has 29 heavy (non-hydrogen) atoms. The Labute approximate surface area is 170 Å². The number of ether oxygens (including phenoxy) is 2. The first-order chi connectivity index (χ1) is 13.8. The maximum Gasteiger partial charge on any atom is 0.338 e. The van der Waals surface area contributed by atoms with Gasteiger partial charge in [-0.3, -0.25) is 14.9 Å². The molecule has 0 aliphatic carbocycles. The van der Waals surface area contributed by atoms with Gasteiger partial charge in [-0.25, -0.2) is 9.59 Å². The SMILES string of the molecule is COc1ccc(C(=O)OCC(=O)Nc2cc3[nH]c(=O)[nH]c3cc2Br)cc1[N+](=O)[O-]. The molecule has 0 saturated heterocycles. The van der Waals surface area contributed by atoms with Gasteiger partial charge in [-0.1, -0.05) is 0 Å². The largest absolute Gasteiger partial charge is 0.490 e. The quantitative estimate of drug-likeness (QED) is 0.287. The Bertz CT molecular complexity index is 1180. The van der Waals surface area contributed by atoms with Crippen LogP contribution in [0.4, 0.5) is 11.4 Å². The first-order valence-electron chi connectivity index (χ1n) is 7.99. The molecule has 0 aliphatic rings. The lowest BCUT2D eigenvalue weighted by atomic mass is 10.2. The molecule has 1 amide bonds. The Kier molecular flexibility index (Phi) is 5.64. The number of carbonyl (C=O) groups is 2. The van der Waals surface area contributed by atoms with E-state index in [4.69, 9.17) is 9.47 Å². The van der Waals surface area contributed by atoms with E-state index in [1.807, 2.05) is 0 Å². The molecule has 0 saturated carbocycles. The molecule has 0 radical (unpaired) electrons. The van der Waals surface area contributed by atoms with Gasteiger partial charge in [0.15, 0.2) is 12.4 Å². The van der Waals surface area contributed by atoms with E-state index in [1.54, 1.807) is 6.07 Å².